The van der Waals surface area contributed by atoms with E-state index in [1.807, 2.05) is 11.3 Å². The highest BCUT2D eigenvalue weighted by Gasteiger charge is 2.14. The summed E-state index contributed by atoms with van der Waals surface area (Å²) < 4.78 is 2.67. The van der Waals surface area contributed by atoms with Gasteiger partial charge in [0.05, 0.1) is 0 Å². The van der Waals surface area contributed by atoms with Crippen molar-refractivity contribution in [3.05, 3.63) is 255 Å². The summed E-state index contributed by atoms with van der Waals surface area (Å²) in [6.45, 7) is 0. The number of thiophene rings is 1. The first kappa shape index (κ1) is 39.0. The Labute approximate surface area is 394 Å². The van der Waals surface area contributed by atoms with Crippen molar-refractivity contribution >= 4 is 63.8 Å². The van der Waals surface area contributed by atoms with Crippen molar-refractivity contribution in [3.8, 4) is 77.9 Å². The van der Waals surface area contributed by atoms with Gasteiger partial charge in [-0.15, -0.1) is 11.3 Å². The third kappa shape index (κ3) is 7.00. The maximum Gasteiger partial charge on any atom is 0.0433 e. The van der Waals surface area contributed by atoms with Crippen LogP contribution in [0, 0.1) is 0 Å². The zero-order valence-electron chi connectivity index (χ0n) is 36.7. The summed E-state index contributed by atoms with van der Waals surface area (Å²) in [7, 11) is 0. The molecule has 0 atom stereocenters. The molecule has 67 heavy (non-hydrogen) atoms. The molecule has 0 aliphatic heterocycles. The second-order valence-electron chi connectivity index (χ2n) is 17.6. The van der Waals surface area contributed by atoms with Crippen LogP contribution in [0.2, 0.25) is 0 Å². The van der Waals surface area contributed by atoms with Crippen molar-refractivity contribution in [1.29, 1.82) is 0 Å². The van der Waals surface area contributed by atoms with Crippen LogP contribution in [0.25, 0.3) is 130 Å². The quantitative estimate of drug-likeness (QED) is 0.140. The Hall–Kier alpha value is -8.36. The van der Waals surface area contributed by atoms with E-state index >= 15 is 0 Å². The molecular weight excluding hydrogens is 825 g/mol. The van der Waals surface area contributed by atoms with Crippen LogP contribution >= 0.6 is 11.3 Å². The average Bonchev–Trinajstić information content (AvgIpc) is 3.80. The molecule has 0 saturated heterocycles. The summed E-state index contributed by atoms with van der Waals surface area (Å²) in [4.78, 5) is 0. The van der Waals surface area contributed by atoms with Crippen LogP contribution in [0.5, 0.6) is 0 Å². The van der Waals surface area contributed by atoms with Gasteiger partial charge in [0.1, 0.15) is 0 Å². The van der Waals surface area contributed by atoms with Gasteiger partial charge in [-0.2, -0.15) is 0 Å². The Morgan fingerprint density at radius 1 is 0.179 bits per heavy atom. The van der Waals surface area contributed by atoms with Gasteiger partial charge < -0.3 is 0 Å². The van der Waals surface area contributed by atoms with E-state index in [0.717, 1.165) is 0 Å². The van der Waals surface area contributed by atoms with E-state index in [2.05, 4.69) is 255 Å². The van der Waals surface area contributed by atoms with Gasteiger partial charge in [-0.3, -0.25) is 0 Å². The molecule has 0 aliphatic rings. The summed E-state index contributed by atoms with van der Waals surface area (Å²) in [5.74, 6) is 0. The Bertz CT molecular complexity index is 4020. The zero-order chi connectivity index (χ0) is 44.3. The van der Waals surface area contributed by atoms with E-state index in [0.29, 0.717) is 0 Å². The predicted octanol–water partition coefficient (Wildman–Crippen LogP) is 19.2. The van der Waals surface area contributed by atoms with Crippen LogP contribution in [-0.2, 0) is 0 Å². The van der Waals surface area contributed by atoms with Crippen molar-refractivity contribution in [1.82, 2.24) is 0 Å². The summed E-state index contributed by atoms with van der Waals surface area (Å²) in [6.07, 6.45) is 0. The molecule has 0 bridgehead atoms. The molecule has 1 heteroatoms. The minimum Gasteiger partial charge on any atom is -0.135 e. The van der Waals surface area contributed by atoms with E-state index in [1.54, 1.807) is 0 Å². The molecule has 0 amide bonds. The first-order valence-electron chi connectivity index (χ1n) is 23.1. The predicted molar refractivity (Wildman–Crippen MR) is 290 cm³/mol. The highest BCUT2D eigenvalue weighted by molar-refractivity contribution is 7.26. The van der Waals surface area contributed by atoms with E-state index in [1.165, 1.54) is 130 Å². The third-order valence-corrected chi connectivity index (χ3v) is 14.9. The zero-order valence-corrected chi connectivity index (χ0v) is 37.5. The van der Waals surface area contributed by atoms with Gasteiger partial charge in [0.2, 0.25) is 0 Å². The first-order chi connectivity index (χ1) is 33.2. The fraction of sp³-hybridized carbons (Fsp3) is 0. The van der Waals surface area contributed by atoms with Crippen LogP contribution in [0.1, 0.15) is 0 Å². The maximum atomic E-state index is 2.38. The lowest BCUT2D eigenvalue weighted by molar-refractivity contribution is 1.56. The van der Waals surface area contributed by atoms with Gasteiger partial charge in [-0.25, -0.2) is 0 Å². The largest absolute Gasteiger partial charge is 0.135 e. The van der Waals surface area contributed by atoms with Crippen molar-refractivity contribution in [2.75, 3.05) is 0 Å². The molecule has 312 valence electrons. The maximum absolute atomic E-state index is 2.38. The second kappa shape index (κ2) is 16.3. The van der Waals surface area contributed by atoms with Gasteiger partial charge in [-0.1, -0.05) is 206 Å². The minimum absolute atomic E-state index is 1.20. The molecule has 12 aromatic carbocycles. The SMILES string of the molecule is c1cc(-c2cccc(-c3cccc(-c4cccc(-c5cccc6c5sc5ccccc56)c4)c3)c2)cc(-c2cccc(-c3cccc(-c4ccc5c6ccccc6c6ccccc6c5c4)c3)c2)c1. The Morgan fingerprint density at radius 3 is 0.910 bits per heavy atom. The fourth-order valence-electron chi connectivity index (χ4n) is 10.3. The lowest BCUT2D eigenvalue weighted by Gasteiger charge is -2.13. The molecule has 1 aromatic heterocycles. The number of hydrogen-bond donors (Lipinski definition) is 0. The lowest BCUT2D eigenvalue weighted by Crippen LogP contribution is -1.87. The lowest BCUT2D eigenvalue weighted by atomic mass is 9.91. The summed E-state index contributed by atoms with van der Waals surface area (Å²) in [5.41, 5.74) is 17.0. The molecular formula is C66H42S. The highest BCUT2D eigenvalue weighted by atomic mass is 32.1. The van der Waals surface area contributed by atoms with Crippen LogP contribution in [0.15, 0.2) is 255 Å². The van der Waals surface area contributed by atoms with Crippen LogP contribution in [0.4, 0.5) is 0 Å². The van der Waals surface area contributed by atoms with Crippen LogP contribution in [0.3, 0.4) is 0 Å². The number of benzene rings is 12. The summed E-state index contributed by atoms with van der Waals surface area (Å²) in [5, 5.41) is 10.4. The Morgan fingerprint density at radius 2 is 0.478 bits per heavy atom. The normalized spacial score (nSPS) is 11.6. The van der Waals surface area contributed by atoms with Crippen molar-refractivity contribution in [2.45, 2.75) is 0 Å². The highest BCUT2D eigenvalue weighted by Crippen LogP contribution is 2.42. The van der Waals surface area contributed by atoms with Gasteiger partial charge >= 0.3 is 0 Å². The number of hydrogen-bond acceptors (Lipinski definition) is 1. The van der Waals surface area contributed by atoms with Crippen LogP contribution in [-0.4, -0.2) is 0 Å². The molecule has 0 aliphatic carbocycles. The van der Waals surface area contributed by atoms with Gasteiger partial charge in [0.15, 0.2) is 0 Å². The molecule has 0 fully saturated rings. The standard InChI is InChI=1S/C66H42S/c1-2-28-59-57(26-1)58-27-3-4-29-60(58)64-42-54(34-35-61(59)64)52-23-11-21-50(40-52)48-19-9-17-46(38-48)44-15-7-14-43(36-44)45-16-8-18-47(37-45)49-20-10-22-51(39-49)53-24-12-25-55(41-53)56-31-13-32-63-62-30-5-6-33-65(62)67-66(56)63/h1-42H. The fourth-order valence-corrected chi connectivity index (χ4v) is 11.6. The van der Waals surface area contributed by atoms with Crippen molar-refractivity contribution < 1.29 is 0 Å². The van der Waals surface area contributed by atoms with Crippen molar-refractivity contribution in [2.24, 2.45) is 0 Å². The van der Waals surface area contributed by atoms with E-state index in [4.69, 9.17) is 0 Å². The third-order valence-electron chi connectivity index (χ3n) is 13.6. The van der Waals surface area contributed by atoms with Crippen LogP contribution < -0.4 is 0 Å². The van der Waals surface area contributed by atoms with E-state index < -0.39 is 0 Å². The molecule has 0 nitrogen and oxygen atoms in total. The van der Waals surface area contributed by atoms with Crippen molar-refractivity contribution in [3.63, 3.8) is 0 Å². The molecule has 13 aromatic rings. The van der Waals surface area contributed by atoms with Gasteiger partial charge in [0, 0.05) is 20.2 Å². The molecule has 13 rings (SSSR count). The summed E-state index contributed by atoms with van der Waals surface area (Å²) >= 11 is 1.88. The Kier molecular flexibility index (Phi) is 9.48. The van der Waals surface area contributed by atoms with E-state index in [-0.39, 0.29) is 0 Å². The second-order valence-corrected chi connectivity index (χ2v) is 18.7. The Balaban J connectivity index is 0.789. The molecule has 0 spiro atoms. The number of fused-ring (bicyclic) bond motifs is 9. The topological polar surface area (TPSA) is 0 Å². The number of rotatable bonds is 7. The average molecular weight is 867 g/mol. The molecule has 0 saturated carbocycles. The first-order valence-corrected chi connectivity index (χ1v) is 23.9. The molecule has 1 heterocycles. The molecule has 0 unspecified atom stereocenters. The minimum atomic E-state index is 1.20. The smallest absolute Gasteiger partial charge is 0.0433 e. The van der Waals surface area contributed by atoms with Gasteiger partial charge in [-0.05, 0) is 159 Å². The molecule has 0 N–H and O–H groups in total. The molecule has 0 radical (unpaired) electrons. The summed E-state index contributed by atoms with van der Waals surface area (Å²) in [6, 6.07) is 93.9. The van der Waals surface area contributed by atoms with Gasteiger partial charge in [0.25, 0.3) is 0 Å². The monoisotopic (exact) mass is 866 g/mol. The van der Waals surface area contributed by atoms with E-state index in [9.17, 15) is 0 Å².